The van der Waals surface area contributed by atoms with Crippen molar-refractivity contribution in [1.29, 1.82) is 0 Å². The molecule has 1 saturated heterocycles. The van der Waals surface area contributed by atoms with Crippen molar-refractivity contribution in [3.63, 3.8) is 0 Å². The SMILES string of the molecule is CCOc1ccc(C(=O)NC[C@H]2CCN(CCOC)C2)cc1. The predicted octanol–water partition coefficient (Wildman–Crippen LogP) is 1.78. The lowest BCUT2D eigenvalue weighted by Crippen LogP contribution is -2.31. The topological polar surface area (TPSA) is 50.8 Å². The lowest BCUT2D eigenvalue weighted by atomic mass is 10.1. The van der Waals surface area contributed by atoms with Crippen LogP contribution in [0, 0.1) is 5.92 Å². The maximum absolute atomic E-state index is 12.1. The minimum absolute atomic E-state index is 0.0154. The summed E-state index contributed by atoms with van der Waals surface area (Å²) in [5.41, 5.74) is 0.678. The summed E-state index contributed by atoms with van der Waals surface area (Å²) in [7, 11) is 1.73. The Balaban J connectivity index is 1.73. The third kappa shape index (κ3) is 5.00. The second-order valence-electron chi connectivity index (χ2n) is 5.62. The highest BCUT2D eigenvalue weighted by Crippen LogP contribution is 2.15. The van der Waals surface area contributed by atoms with Crippen LogP contribution in [0.4, 0.5) is 0 Å². The Labute approximate surface area is 132 Å². The number of amides is 1. The first-order chi connectivity index (χ1) is 10.7. The summed E-state index contributed by atoms with van der Waals surface area (Å²) in [5.74, 6) is 1.31. The lowest BCUT2D eigenvalue weighted by molar-refractivity contribution is 0.0946. The first-order valence-corrected chi connectivity index (χ1v) is 7.95. The Hall–Kier alpha value is -1.59. The molecule has 1 amide bonds. The van der Waals surface area contributed by atoms with Gasteiger partial charge in [0.25, 0.3) is 5.91 Å². The fourth-order valence-electron chi connectivity index (χ4n) is 2.71. The molecule has 0 bridgehead atoms. The number of rotatable bonds is 8. The van der Waals surface area contributed by atoms with Crippen LogP contribution in [0.3, 0.4) is 0 Å². The van der Waals surface area contributed by atoms with Gasteiger partial charge >= 0.3 is 0 Å². The number of nitrogens with zero attached hydrogens (tertiary/aromatic N) is 1. The van der Waals surface area contributed by atoms with E-state index < -0.39 is 0 Å². The van der Waals surface area contributed by atoms with Crippen molar-refractivity contribution in [1.82, 2.24) is 10.2 Å². The monoisotopic (exact) mass is 306 g/mol. The molecule has 22 heavy (non-hydrogen) atoms. The second-order valence-corrected chi connectivity index (χ2v) is 5.62. The van der Waals surface area contributed by atoms with Gasteiger partial charge in [-0.3, -0.25) is 4.79 Å². The zero-order chi connectivity index (χ0) is 15.8. The van der Waals surface area contributed by atoms with E-state index in [0.717, 1.165) is 45.0 Å². The van der Waals surface area contributed by atoms with E-state index >= 15 is 0 Å². The van der Waals surface area contributed by atoms with Gasteiger partial charge in [-0.2, -0.15) is 0 Å². The summed E-state index contributed by atoms with van der Waals surface area (Å²) in [6.07, 6.45) is 1.13. The minimum Gasteiger partial charge on any atom is -0.494 e. The van der Waals surface area contributed by atoms with E-state index in [9.17, 15) is 4.79 Å². The molecule has 1 heterocycles. The molecule has 0 aromatic heterocycles. The van der Waals surface area contributed by atoms with Gasteiger partial charge < -0.3 is 19.7 Å². The molecule has 0 unspecified atom stereocenters. The molecule has 1 fully saturated rings. The second kappa shape index (κ2) is 8.76. The molecule has 5 heteroatoms. The molecule has 0 saturated carbocycles. The van der Waals surface area contributed by atoms with E-state index in [0.29, 0.717) is 18.1 Å². The number of methoxy groups -OCH3 is 1. The number of carbonyl (C=O) groups excluding carboxylic acids is 1. The van der Waals surface area contributed by atoms with Gasteiger partial charge in [-0.15, -0.1) is 0 Å². The average Bonchev–Trinajstić information content (AvgIpc) is 2.99. The standard InChI is InChI=1S/C17H26N2O3/c1-3-22-16-6-4-15(5-7-16)17(20)18-12-14-8-9-19(13-14)10-11-21-2/h4-7,14H,3,8-13H2,1-2H3,(H,18,20)/t14-/m1/s1. The molecule has 1 aliphatic rings. The summed E-state index contributed by atoms with van der Waals surface area (Å²) in [6.45, 7) is 7.17. The van der Waals surface area contributed by atoms with Gasteiger partial charge in [0.1, 0.15) is 5.75 Å². The molecular weight excluding hydrogens is 280 g/mol. The fraction of sp³-hybridized carbons (Fsp3) is 0.588. The molecule has 1 atom stereocenters. The van der Waals surface area contributed by atoms with Gasteiger partial charge in [-0.25, -0.2) is 0 Å². The van der Waals surface area contributed by atoms with Crippen molar-refractivity contribution in [2.24, 2.45) is 5.92 Å². The number of benzene rings is 1. The Morgan fingerprint density at radius 3 is 2.82 bits per heavy atom. The van der Waals surface area contributed by atoms with Gasteiger partial charge in [0.15, 0.2) is 0 Å². The summed E-state index contributed by atoms with van der Waals surface area (Å²) < 4.78 is 10.5. The molecule has 0 spiro atoms. The molecule has 1 aliphatic heterocycles. The van der Waals surface area contributed by atoms with E-state index in [2.05, 4.69) is 10.2 Å². The third-order valence-electron chi connectivity index (χ3n) is 3.96. The number of hydrogen-bond acceptors (Lipinski definition) is 4. The van der Waals surface area contributed by atoms with Crippen molar-refractivity contribution in [3.05, 3.63) is 29.8 Å². The zero-order valence-electron chi connectivity index (χ0n) is 13.5. The quantitative estimate of drug-likeness (QED) is 0.795. The molecule has 0 radical (unpaired) electrons. The van der Waals surface area contributed by atoms with Gasteiger partial charge in [-0.1, -0.05) is 0 Å². The Bertz CT molecular complexity index is 461. The molecule has 122 valence electrons. The van der Waals surface area contributed by atoms with Crippen LogP contribution in [0.2, 0.25) is 0 Å². The van der Waals surface area contributed by atoms with Gasteiger partial charge in [0, 0.05) is 32.3 Å². The van der Waals surface area contributed by atoms with Gasteiger partial charge in [0.2, 0.25) is 0 Å². The lowest BCUT2D eigenvalue weighted by Gasteiger charge is -2.15. The smallest absolute Gasteiger partial charge is 0.251 e. The van der Waals surface area contributed by atoms with Crippen LogP contribution < -0.4 is 10.1 Å². The molecular formula is C17H26N2O3. The van der Waals surface area contributed by atoms with Crippen molar-refractivity contribution >= 4 is 5.91 Å². The summed E-state index contributed by atoms with van der Waals surface area (Å²) in [6, 6.07) is 7.28. The van der Waals surface area contributed by atoms with Crippen LogP contribution in [0.15, 0.2) is 24.3 Å². The minimum atomic E-state index is -0.0154. The van der Waals surface area contributed by atoms with Crippen LogP contribution >= 0.6 is 0 Å². The third-order valence-corrected chi connectivity index (χ3v) is 3.96. The van der Waals surface area contributed by atoms with Crippen LogP contribution in [-0.4, -0.2) is 57.3 Å². The summed E-state index contributed by atoms with van der Waals surface area (Å²) >= 11 is 0. The largest absolute Gasteiger partial charge is 0.494 e. The maximum atomic E-state index is 12.1. The van der Waals surface area contributed by atoms with E-state index in [1.165, 1.54) is 0 Å². The van der Waals surface area contributed by atoms with Gasteiger partial charge in [0.05, 0.1) is 13.2 Å². The van der Waals surface area contributed by atoms with E-state index in [1.807, 2.05) is 19.1 Å². The highest BCUT2D eigenvalue weighted by molar-refractivity contribution is 5.94. The van der Waals surface area contributed by atoms with E-state index in [1.54, 1.807) is 19.2 Å². The van der Waals surface area contributed by atoms with E-state index in [4.69, 9.17) is 9.47 Å². The van der Waals surface area contributed by atoms with Crippen LogP contribution in [0.25, 0.3) is 0 Å². The molecule has 1 aromatic rings. The molecule has 1 N–H and O–H groups in total. The average molecular weight is 306 g/mol. The van der Waals surface area contributed by atoms with Gasteiger partial charge in [-0.05, 0) is 50.1 Å². The van der Waals surface area contributed by atoms with Crippen molar-refractivity contribution in [3.8, 4) is 5.75 Å². The number of ether oxygens (including phenoxy) is 2. The van der Waals surface area contributed by atoms with E-state index in [-0.39, 0.29) is 5.91 Å². The molecule has 0 aliphatic carbocycles. The Morgan fingerprint density at radius 2 is 2.14 bits per heavy atom. The maximum Gasteiger partial charge on any atom is 0.251 e. The van der Waals surface area contributed by atoms with Crippen LogP contribution in [-0.2, 0) is 4.74 Å². The van der Waals surface area contributed by atoms with Crippen molar-refractivity contribution in [2.75, 3.05) is 46.5 Å². The fourth-order valence-corrected chi connectivity index (χ4v) is 2.71. The highest BCUT2D eigenvalue weighted by Gasteiger charge is 2.22. The zero-order valence-corrected chi connectivity index (χ0v) is 13.5. The normalized spacial score (nSPS) is 18.4. The number of likely N-dealkylation sites (tertiary alicyclic amines) is 1. The first-order valence-electron chi connectivity index (χ1n) is 7.95. The summed E-state index contributed by atoms with van der Waals surface area (Å²) in [4.78, 5) is 14.5. The van der Waals surface area contributed by atoms with Crippen molar-refractivity contribution < 1.29 is 14.3 Å². The summed E-state index contributed by atoms with van der Waals surface area (Å²) in [5, 5.41) is 3.03. The first kappa shape index (κ1) is 16.8. The van der Waals surface area contributed by atoms with Crippen molar-refractivity contribution in [2.45, 2.75) is 13.3 Å². The Kier molecular flexibility index (Phi) is 6.68. The molecule has 2 rings (SSSR count). The predicted molar refractivity (Wildman–Crippen MR) is 86.4 cm³/mol. The molecule has 5 nitrogen and oxygen atoms in total. The van der Waals surface area contributed by atoms with Crippen LogP contribution in [0.1, 0.15) is 23.7 Å². The number of nitrogens with one attached hydrogen (secondary N) is 1. The Morgan fingerprint density at radius 1 is 1.36 bits per heavy atom. The molecule has 1 aromatic carbocycles. The number of carbonyl (C=O) groups is 1. The van der Waals surface area contributed by atoms with Crippen LogP contribution in [0.5, 0.6) is 5.75 Å². The highest BCUT2D eigenvalue weighted by atomic mass is 16.5. The number of hydrogen-bond donors (Lipinski definition) is 1.